The van der Waals surface area contributed by atoms with Crippen LogP contribution in [0.1, 0.15) is 33.6 Å². The minimum Gasteiger partial charge on any atom is -0.377 e. The molecule has 0 saturated heterocycles. The van der Waals surface area contributed by atoms with E-state index in [0.717, 1.165) is 26.0 Å². The minimum atomic E-state index is 0.251. The van der Waals surface area contributed by atoms with E-state index in [9.17, 15) is 0 Å². The molecule has 2 heteroatoms. The molecule has 0 rings (SSSR count). The van der Waals surface area contributed by atoms with E-state index in [4.69, 9.17) is 11.2 Å². The van der Waals surface area contributed by atoms with Gasteiger partial charge < -0.3 is 10.1 Å². The molecule has 76 valence electrons. The minimum absolute atomic E-state index is 0.251. The lowest BCUT2D eigenvalue weighted by Gasteiger charge is -2.25. The molecule has 0 saturated carbocycles. The van der Waals surface area contributed by atoms with Gasteiger partial charge in [0.1, 0.15) is 0 Å². The molecule has 0 aliphatic heterocycles. The van der Waals surface area contributed by atoms with Crippen molar-refractivity contribution < 1.29 is 4.74 Å². The van der Waals surface area contributed by atoms with Gasteiger partial charge in [-0.05, 0) is 19.9 Å². The van der Waals surface area contributed by atoms with E-state index in [0.29, 0.717) is 6.04 Å². The third-order valence-electron chi connectivity index (χ3n) is 2.04. The van der Waals surface area contributed by atoms with Gasteiger partial charge >= 0.3 is 0 Å². The average Bonchev–Trinajstić information content (AvgIpc) is 2.14. The average molecular weight is 183 g/mol. The highest BCUT2D eigenvalue weighted by atomic mass is 16.5. The number of hydrogen-bond donors (Lipinski definition) is 1. The van der Waals surface area contributed by atoms with Crippen molar-refractivity contribution in [3.05, 3.63) is 0 Å². The van der Waals surface area contributed by atoms with Gasteiger partial charge in [-0.1, -0.05) is 13.8 Å². The van der Waals surface area contributed by atoms with Crippen LogP contribution in [0.3, 0.4) is 0 Å². The molecule has 0 aliphatic rings. The van der Waals surface area contributed by atoms with E-state index in [1.54, 1.807) is 0 Å². The molecule has 1 N–H and O–H groups in total. The van der Waals surface area contributed by atoms with Crippen LogP contribution in [-0.2, 0) is 4.74 Å². The molecule has 0 aromatic rings. The van der Waals surface area contributed by atoms with Crippen LogP contribution in [-0.4, -0.2) is 25.3 Å². The summed E-state index contributed by atoms with van der Waals surface area (Å²) in [7, 11) is 0. The van der Waals surface area contributed by atoms with E-state index < -0.39 is 0 Å². The Morgan fingerprint density at radius 2 is 2.08 bits per heavy atom. The molecule has 0 amide bonds. The van der Waals surface area contributed by atoms with Gasteiger partial charge in [0.25, 0.3) is 0 Å². The third kappa shape index (κ3) is 4.92. The van der Waals surface area contributed by atoms with Crippen molar-refractivity contribution in [3.8, 4) is 12.3 Å². The van der Waals surface area contributed by atoms with Gasteiger partial charge in [-0.25, -0.2) is 0 Å². The summed E-state index contributed by atoms with van der Waals surface area (Å²) >= 11 is 0. The van der Waals surface area contributed by atoms with E-state index in [2.05, 4.69) is 25.1 Å². The van der Waals surface area contributed by atoms with Gasteiger partial charge in [-0.15, -0.1) is 12.3 Å². The van der Waals surface area contributed by atoms with Crippen LogP contribution in [0.4, 0.5) is 0 Å². The van der Waals surface area contributed by atoms with Gasteiger partial charge in [0.2, 0.25) is 0 Å². The first-order valence-electron chi connectivity index (χ1n) is 5.08. The molecule has 0 heterocycles. The lowest BCUT2D eigenvalue weighted by molar-refractivity contribution is 0.0335. The Morgan fingerprint density at radius 3 is 2.46 bits per heavy atom. The first kappa shape index (κ1) is 12.5. The molecular weight excluding hydrogens is 162 g/mol. The summed E-state index contributed by atoms with van der Waals surface area (Å²) in [4.78, 5) is 0. The summed E-state index contributed by atoms with van der Waals surface area (Å²) in [5.74, 6) is 2.68. The standard InChI is InChI=1S/C11H21NO/c1-5-9-10(12-7-3)11(6-2)13-8-4/h1,10-12H,6-9H2,2-4H3. The molecular formula is C11H21NO. The molecule has 0 radical (unpaired) electrons. The molecule has 2 nitrogen and oxygen atoms in total. The second-order valence-electron chi connectivity index (χ2n) is 2.97. The highest BCUT2D eigenvalue weighted by Gasteiger charge is 2.17. The fraction of sp³-hybridized carbons (Fsp3) is 0.818. The Morgan fingerprint density at radius 1 is 1.38 bits per heavy atom. The van der Waals surface area contributed by atoms with Crippen LogP contribution < -0.4 is 5.32 Å². The predicted molar refractivity (Wildman–Crippen MR) is 56.6 cm³/mol. The summed E-state index contributed by atoms with van der Waals surface area (Å²) in [5.41, 5.74) is 0. The zero-order valence-electron chi connectivity index (χ0n) is 8.97. The Kier molecular flexibility index (Phi) is 7.77. The molecule has 0 aliphatic carbocycles. The van der Waals surface area contributed by atoms with E-state index in [-0.39, 0.29) is 6.10 Å². The number of nitrogens with one attached hydrogen (secondary N) is 1. The number of rotatable bonds is 7. The fourth-order valence-corrected chi connectivity index (χ4v) is 1.46. The van der Waals surface area contributed by atoms with Gasteiger partial charge in [0, 0.05) is 19.1 Å². The van der Waals surface area contributed by atoms with Gasteiger partial charge in [-0.3, -0.25) is 0 Å². The highest BCUT2D eigenvalue weighted by Crippen LogP contribution is 2.07. The van der Waals surface area contributed by atoms with Crippen molar-refractivity contribution in [2.75, 3.05) is 13.2 Å². The second kappa shape index (κ2) is 8.10. The lowest BCUT2D eigenvalue weighted by Crippen LogP contribution is -2.40. The maximum absolute atomic E-state index is 5.60. The quantitative estimate of drug-likeness (QED) is 0.608. The largest absolute Gasteiger partial charge is 0.377 e. The zero-order valence-corrected chi connectivity index (χ0v) is 8.97. The summed E-state index contributed by atoms with van der Waals surface area (Å²) in [6.45, 7) is 7.92. The number of hydrogen-bond acceptors (Lipinski definition) is 2. The van der Waals surface area contributed by atoms with Crippen molar-refractivity contribution in [3.63, 3.8) is 0 Å². The van der Waals surface area contributed by atoms with E-state index >= 15 is 0 Å². The van der Waals surface area contributed by atoms with Crippen LogP contribution >= 0.6 is 0 Å². The number of likely N-dealkylation sites (N-methyl/N-ethyl adjacent to an activating group) is 1. The smallest absolute Gasteiger partial charge is 0.0734 e. The summed E-state index contributed by atoms with van der Waals surface area (Å²) in [5, 5.41) is 3.35. The van der Waals surface area contributed by atoms with Crippen LogP contribution in [0.5, 0.6) is 0 Å². The molecule has 2 atom stereocenters. The third-order valence-corrected chi connectivity index (χ3v) is 2.04. The van der Waals surface area contributed by atoms with Gasteiger partial charge in [-0.2, -0.15) is 0 Å². The van der Waals surface area contributed by atoms with Crippen LogP contribution in [0.15, 0.2) is 0 Å². The number of ether oxygens (including phenoxy) is 1. The van der Waals surface area contributed by atoms with Crippen LogP contribution in [0, 0.1) is 12.3 Å². The van der Waals surface area contributed by atoms with Crippen molar-refractivity contribution >= 4 is 0 Å². The molecule has 0 fully saturated rings. The SMILES string of the molecule is C#CCC(NCC)C(CC)OCC. The molecule has 0 bridgehead atoms. The van der Waals surface area contributed by atoms with Gasteiger partial charge in [0.15, 0.2) is 0 Å². The van der Waals surface area contributed by atoms with Crippen molar-refractivity contribution in [1.29, 1.82) is 0 Å². The van der Waals surface area contributed by atoms with E-state index in [1.165, 1.54) is 0 Å². The fourth-order valence-electron chi connectivity index (χ4n) is 1.46. The summed E-state index contributed by atoms with van der Waals surface area (Å²) in [6, 6.07) is 0.306. The normalized spacial score (nSPS) is 14.9. The number of terminal acetylenes is 1. The van der Waals surface area contributed by atoms with Crippen molar-refractivity contribution in [1.82, 2.24) is 5.32 Å². The van der Waals surface area contributed by atoms with Gasteiger partial charge in [0.05, 0.1) is 6.10 Å². The first-order valence-corrected chi connectivity index (χ1v) is 5.08. The molecule has 0 spiro atoms. The Labute approximate surface area is 82.1 Å². The Bertz CT molecular complexity index is 151. The maximum atomic E-state index is 5.60. The highest BCUT2D eigenvalue weighted by molar-refractivity contribution is 4.92. The lowest BCUT2D eigenvalue weighted by atomic mass is 10.1. The second-order valence-corrected chi connectivity index (χ2v) is 2.97. The summed E-state index contributed by atoms with van der Waals surface area (Å²) in [6.07, 6.45) is 7.30. The molecule has 2 unspecified atom stereocenters. The zero-order chi connectivity index (χ0) is 10.1. The Hall–Kier alpha value is -0.520. The monoisotopic (exact) mass is 183 g/mol. The van der Waals surface area contributed by atoms with Crippen LogP contribution in [0.25, 0.3) is 0 Å². The first-order chi connectivity index (χ1) is 6.29. The Balaban J connectivity index is 4.04. The summed E-state index contributed by atoms with van der Waals surface area (Å²) < 4.78 is 5.60. The molecule has 13 heavy (non-hydrogen) atoms. The predicted octanol–water partition coefficient (Wildman–Crippen LogP) is 1.80. The van der Waals surface area contributed by atoms with E-state index in [1.807, 2.05) is 6.92 Å². The maximum Gasteiger partial charge on any atom is 0.0734 e. The molecule has 0 aromatic heterocycles. The van der Waals surface area contributed by atoms with Crippen molar-refractivity contribution in [2.24, 2.45) is 0 Å². The topological polar surface area (TPSA) is 21.3 Å². The molecule has 0 aromatic carbocycles. The van der Waals surface area contributed by atoms with Crippen LogP contribution in [0.2, 0.25) is 0 Å². The van der Waals surface area contributed by atoms with Crippen molar-refractivity contribution in [2.45, 2.75) is 45.8 Å².